The number of hydrogen-bond acceptors (Lipinski definition) is 6. The molecule has 4 rings (SSSR count). The summed E-state index contributed by atoms with van der Waals surface area (Å²) in [6.45, 7) is 5.03. The van der Waals surface area contributed by atoms with Crippen molar-refractivity contribution in [2.75, 3.05) is 46.2 Å². The van der Waals surface area contributed by atoms with Crippen molar-refractivity contribution < 1.29 is 14.3 Å². The summed E-state index contributed by atoms with van der Waals surface area (Å²) in [5, 5.41) is 2.94. The maximum Gasteiger partial charge on any atom is 0.338 e. The quantitative estimate of drug-likeness (QED) is 0.286. The normalized spacial score (nSPS) is 15.1. The molecule has 0 bridgehead atoms. The first-order chi connectivity index (χ1) is 18.4. The van der Waals surface area contributed by atoms with E-state index in [1.165, 1.54) is 5.56 Å². The molecule has 1 heterocycles. The summed E-state index contributed by atoms with van der Waals surface area (Å²) in [5.41, 5.74) is 5.36. The van der Waals surface area contributed by atoms with Gasteiger partial charge in [-0.25, -0.2) is 4.79 Å². The average Bonchev–Trinajstić information content (AvgIpc) is 3.23. The molecular weight excluding hydrogens is 476 g/mol. The summed E-state index contributed by atoms with van der Waals surface area (Å²) >= 11 is 0. The predicted molar refractivity (Wildman–Crippen MR) is 152 cm³/mol. The lowest BCUT2D eigenvalue weighted by molar-refractivity contribution is -0.115. The summed E-state index contributed by atoms with van der Waals surface area (Å²) in [6, 6.07) is 23.2. The van der Waals surface area contributed by atoms with Crippen molar-refractivity contribution in [1.29, 1.82) is 0 Å². The largest absolute Gasteiger partial charge is 0.462 e. The van der Waals surface area contributed by atoms with Crippen LogP contribution in [0.15, 0.2) is 77.8 Å². The molecule has 0 radical (unpaired) electrons. The third kappa shape index (κ3) is 6.73. The lowest BCUT2D eigenvalue weighted by Gasteiger charge is -2.18. The van der Waals surface area contributed by atoms with Crippen molar-refractivity contribution in [1.82, 2.24) is 9.80 Å². The van der Waals surface area contributed by atoms with Gasteiger partial charge >= 0.3 is 5.97 Å². The second kappa shape index (κ2) is 12.6. The lowest BCUT2D eigenvalue weighted by atomic mass is 9.90. The number of aliphatic imine (C=N–C) groups is 1. The van der Waals surface area contributed by atoms with Crippen LogP contribution < -0.4 is 5.32 Å². The van der Waals surface area contributed by atoms with Crippen LogP contribution in [0.1, 0.15) is 46.3 Å². The Morgan fingerprint density at radius 2 is 1.68 bits per heavy atom. The molecule has 1 aliphatic heterocycles. The van der Waals surface area contributed by atoms with Crippen molar-refractivity contribution in [3.05, 3.63) is 95.1 Å². The first kappa shape index (κ1) is 27.2. The Labute approximate surface area is 225 Å². The highest BCUT2D eigenvalue weighted by atomic mass is 16.5. The van der Waals surface area contributed by atoms with Crippen LogP contribution in [0.25, 0.3) is 0 Å². The number of fused-ring (bicyclic) bond motifs is 1. The zero-order valence-electron chi connectivity index (χ0n) is 22.6. The minimum absolute atomic E-state index is 0.167. The van der Waals surface area contributed by atoms with Gasteiger partial charge in [-0.05, 0) is 88.5 Å². The molecule has 38 heavy (non-hydrogen) atoms. The fraction of sp³-hybridized carbons (Fsp3) is 0.323. The smallest absolute Gasteiger partial charge is 0.338 e. The lowest BCUT2D eigenvalue weighted by Crippen LogP contribution is -2.23. The van der Waals surface area contributed by atoms with Crippen molar-refractivity contribution in [3.8, 4) is 0 Å². The zero-order chi connectivity index (χ0) is 27.1. The van der Waals surface area contributed by atoms with Gasteiger partial charge in [0.15, 0.2) is 0 Å². The Balaban J connectivity index is 1.60. The van der Waals surface area contributed by atoms with Crippen LogP contribution in [-0.4, -0.2) is 68.2 Å². The maximum absolute atomic E-state index is 13.2. The molecule has 0 saturated heterocycles. The molecule has 0 spiro atoms. The summed E-state index contributed by atoms with van der Waals surface area (Å²) in [5.74, 6) is -1.17. The van der Waals surface area contributed by atoms with E-state index in [9.17, 15) is 9.59 Å². The molecular formula is C31H36N4O3. The van der Waals surface area contributed by atoms with Gasteiger partial charge in [0, 0.05) is 12.2 Å². The molecule has 3 aromatic rings. The third-order valence-corrected chi connectivity index (χ3v) is 6.52. The van der Waals surface area contributed by atoms with Crippen LogP contribution in [0.4, 0.5) is 11.4 Å². The van der Waals surface area contributed by atoms with Crippen molar-refractivity contribution >= 4 is 29.0 Å². The van der Waals surface area contributed by atoms with Gasteiger partial charge < -0.3 is 19.9 Å². The van der Waals surface area contributed by atoms with Gasteiger partial charge in [0.2, 0.25) is 5.91 Å². The van der Waals surface area contributed by atoms with Crippen LogP contribution >= 0.6 is 0 Å². The number of nitrogens with one attached hydrogen (secondary N) is 1. The molecule has 3 aromatic carbocycles. The number of esters is 1. The number of rotatable bonds is 11. The van der Waals surface area contributed by atoms with Crippen molar-refractivity contribution in [2.45, 2.75) is 25.8 Å². The second-order valence-electron chi connectivity index (χ2n) is 9.87. The van der Waals surface area contributed by atoms with Crippen LogP contribution in [0, 0.1) is 0 Å². The molecule has 1 unspecified atom stereocenters. The minimum Gasteiger partial charge on any atom is -0.462 e. The summed E-state index contributed by atoms with van der Waals surface area (Å²) in [4.78, 5) is 34.9. The summed E-state index contributed by atoms with van der Waals surface area (Å²) < 4.78 is 5.12. The molecule has 7 nitrogen and oxygen atoms in total. The van der Waals surface area contributed by atoms with Gasteiger partial charge in [-0.2, -0.15) is 0 Å². The van der Waals surface area contributed by atoms with Crippen molar-refractivity contribution in [3.63, 3.8) is 0 Å². The van der Waals surface area contributed by atoms with Gasteiger partial charge in [-0.3, -0.25) is 9.79 Å². The molecule has 0 aliphatic carbocycles. The number of nitrogens with zero attached hydrogens (tertiary/aromatic N) is 3. The van der Waals surface area contributed by atoms with Gasteiger partial charge in [0.05, 0.1) is 23.6 Å². The zero-order valence-corrected chi connectivity index (χ0v) is 22.6. The standard InChI is InChI=1S/C31H36N4O3/c1-5-38-31(37)24-14-17-26-27(20-24)33-30(36)28(26)29(23-10-7-6-8-11-23)32-25-15-12-22(13-16-25)21-35(4)19-9-18-34(2)3/h6-8,10-17,20,28H,5,9,18-19,21H2,1-4H3,(H,33,36). The minimum atomic E-state index is -0.592. The Kier molecular flexibility index (Phi) is 9.05. The van der Waals surface area contributed by atoms with Crippen LogP contribution in [0.5, 0.6) is 0 Å². The molecule has 1 atom stereocenters. The second-order valence-corrected chi connectivity index (χ2v) is 9.87. The highest BCUT2D eigenvalue weighted by Crippen LogP contribution is 2.37. The van der Waals surface area contributed by atoms with Gasteiger partial charge in [-0.1, -0.05) is 48.5 Å². The fourth-order valence-corrected chi connectivity index (χ4v) is 4.64. The van der Waals surface area contributed by atoms with Gasteiger partial charge in [0.1, 0.15) is 5.92 Å². The SMILES string of the molecule is CCOC(=O)c1ccc2c(c1)NC(=O)C2C(=Nc1ccc(CN(C)CCCN(C)C)cc1)c1ccccc1. The first-order valence-corrected chi connectivity index (χ1v) is 13.0. The van der Waals surface area contributed by atoms with Crippen molar-refractivity contribution in [2.24, 2.45) is 4.99 Å². The Morgan fingerprint density at radius 3 is 2.37 bits per heavy atom. The van der Waals surface area contributed by atoms with E-state index in [1.807, 2.05) is 48.5 Å². The van der Waals surface area contributed by atoms with Gasteiger partial charge in [-0.15, -0.1) is 0 Å². The number of anilines is 1. The average molecular weight is 513 g/mol. The highest BCUT2D eigenvalue weighted by Gasteiger charge is 2.36. The number of benzene rings is 3. The van der Waals surface area contributed by atoms with Gasteiger partial charge in [0.25, 0.3) is 0 Å². The fourth-order valence-electron chi connectivity index (χ4n) is 4.64. The molecule has 1 amide bonds. The Bertz CT molecular complexity index is 1290. The number of hydrogen-bond donors (Lipinski definition) is 1. The third-order valence-electron chi connectivity index (χ3n) is 6.52. The Morgan fingerprint density at radius 1 is 0.947 bits per heavy atom. The van der Waals surface area contributed by atoms with E-state index in [2.05, 4.69) is 48.4 Å². The number of carbonyl (C=O) groups is 2. The maximum atomic E-state index is 13.2. The van der Waals surface area contributed by atoms with E-state index < -0.39 is 11.9 Å². The number of amides is 1. The van der Waals surface area contributed by atoms with Crippen LogP contribution in [0.3, 0.4) is 0 Å². The molecule has 0 saturated carbocycles. The molecule has 7 heteroatoms. The summed E-state index contributed by atoms with van der Waals surface area (Å²) in [6.07, 6.45) is 1.12. The molecule has 1 aliphatic rings. The van der Waals surface area contributed by atoms with Crippen LogP contribution in [-0.2, 0) is 16.1 Å². The molecule has 198 valence electrons. The van der Waals surface area contributed by atoms with E-state index in [1.54, 1.807) is 19.1 Å². The predicted octanol–water partition coefficient (Wildman–Crippen LogP) is 5.10. The summed E-state index contributed by atoms with van der Waals surface area (Å²) in [7, 11) is 6.33. The number of ether oxygens (including phenoxy) is 1. The molecule has 1 N–H and O–H groups in total. The molecule has 0 fully saturated rings. The first-order valence-electron chi connectivity index (χ1n) is 13.0. The molecule has 0 aromatic heterocycles. The monoisotopic (exact) mass is 512 g/mol. The van der Waals surface area contributed by atoms with E-state index in [0.717, 1.165) is 42.9 Å². The highest BCUT2D eigenvalue weighted by molar-refractivity contribution is 6.24. The van der Waals surface area contributed by atoms with E-state index in [-0.39, 0.29) is 5.91 Å². The topological polar surface area (TPSA) is 74.2 Å². The van der Waals surface area contributed by atoms with Crippen LogP contribution in [0.2, 0.25) is 0 Å². The van der Waals surface area contributed by atoms with E-state index in [4.69, 9.17) is 9.73 Å². The van der Waals surface area contributed by atoms with E-state index >= 15 is 0 Å². The number of carbonyl (C=O) groups excluding carboxylic acids is 2. The van der Waals surface area contributed by atoms with E-state index in [0.29, 0.717) is 23.6 Å². The Hall–Kier alpha value is -3.81.